The second-order valence-electron chi connectivity index (χ2n) is 7.96. The molecule has 0 bridgehead atoms. The lowest BCUT2D eigenvalue weighted by Gasteiger charge is -2.35. The summed E-state index contributed by atoms with van der Waals surface area (Å²) in [6.45, 7) is 12.1. The molecule has 1 unspecified atom stereocenters. The highest BCUT2D eigenvalue weighted by Crippen LogP contribution is 2.27. The predicted octanol–water partition coefficient (Wildman–Crippen LogP) is 2.16. The van der Waals surface area contributed by atoms with Crippen molar-refractivity contribution in [2.24, 2.45) is 0 Å². The van der Waals surface area contributed by atoms with Crippen molar-refractivity contribution in [3.8, 4) is 0 Å². The first-order chi connectivity index (χ1) is 13.2. The topological polar surface area (TPSA) is 88.9 Å². The molecule has 3 heterocycles. The third-order valence-corrected chi connectivity index (χ3v) is 4.58. The number of piperazine rings is 1. The second kappa shape index (κ2) is 7.73. The molecule has 0 aromatic carbocycles. The van der Waals surface area contributed by atoms with Crippen LogP contribution in [0.2, 0.25) is 0 Å². The summed E-state index contributed by atoms with van der Waals surface area (Å²) in [5.41, 5.74) is 0.0430. The summed E-state index contributed by atoms with van der Waals surface area (Å²) >= 11 is 0. The van der Waals surface area contributed by atoms with Gasteiger partial charge in [-0.05, 0) is 34.6 Å². The maximum atomic E-state index is 12.2. The highest BCUT2D eigenvalue weighted by Gasteiger charge is 2.29. The summed E-state index contributed by atoms with van der Waals surface area (Å²) in [5.74, 6) is 1.29. The van der Waals surface area contributed by atoms with Crippen molar-refractivity contribution >= 4 is 29.9 Å². The van der Waals surface area contributed by atoms with E-state index in [4.69, 9.17) is 9.47 Å². The SMILES string of the molecule is CCOC(=O)C1=Cn2nc(N3CCN(C(=O)OC(C)(C)C)CC3)cc2NC1C. The van der Waals surface area contributed by atoms with Crippen LogP contribution in [0.4, 0.5) is 16.4 Å². The van der Waals surface area contributed by atoms with Crippen molar-refractivity contribution in [3.05, 3.63) is 11.6 Å². The largest absolute Gasteiger partial charge is 0.463 e. The first-order valence-electron chi connectivity index (χ1n) is 9.65. The molecule has 154 valence electrons. The van der Waals surface area contributed by atoms with E-state index in [0.29, 0.717) is 38.4 Å². The molecular formula is C19H29N5O4. The van der Waals surface area contributed by atoms with Gasteiger partial charge in [0.25, 0.3) is 0 Å². The van der Waals surface area contributed by atoms with Crippen LogP contribution in [-0.4, -0.2) is 71.2 Å². The fraction of sp³-hybridized carbons (Fsp3) is 0.632. The van der Waals surface area contributed by atoms with Crippen molar-refractivity contribution in [3.63, 3.8) is 0 Å². The number of amides is 1. The molecule has 1 aromatic rings. The Morgan fingerprint density at radius 2 is 1.93 bits per heavy atom. The molecule has 28 heavy (non-hydrogen) atoms. The molecule has 0 radical (unpaired) electrons. The van der Waals surface area contributed by atoms with Gasteiger partial charge in [-0.15, -0.1) is 5.10 Å². The molecule has 0 spiro atoms. The van der Waals surface area contributed by atoms with Crippen LogP contribution in [-0.2, 0) is 14.3 Å². The number of nitrogens with one attached hydrogen (secondary N) is 1. The Balaban J connectivity index is 1.66. The number of aromatic nitrogens is 2. The Morgan fingerprint density at radius 1 is 1.25 bits per heavy atom. The van der Waals surface area contributed by atoms with Crippen LogP contribution >= 0.6 is 0 Å². The minimum atomic E-state index is -0.498. The van der Waals surface area contributed by atoms with Crippen molar-refractivity contribution in [1.29, 1.82) is 0 Å². The number of carbonyl (C=O) groups is 2. The van der Waals surface area contributed by atoms with Crippen molar-refractivity contribution in [2.45, 2.75) is 46.3 Å². The summed E-state index contributed by atoms with van der Waals surface area (Å²) in [6, 6.07) is 1.80. The van der Waals surface area contributed by atoms with Gasteiger partial charge >= 0.3 is 12.1 Å². The zero-order valence-electron chi connectivity index (χ0n) is 17.2. The maximum Gasteiger partial charge on any atom is 0.410 e. The van der Waals surface area contributed by atoms with Crippen LogP contribution < -0.4 is 10.2 Å². The smallest absolute Gasteiger partial charge is 0.410 e. The van der Waals surface area contributed by atoms with Gasteiger partial charge in [-0.2, -0.15) is 0 Å². The van der Waals surface area contributed by atoms with Gasteiger partial charge in [0, 0.05) is 38.4 Å². The van der Waals surface area contributed by atoms with Crippen LogP contribution in [0.5, 0.6) is 0 Å². The van der Waals surface area contributed by atoms with E-state index in [9.17, 15) is 9.59 Å². The van der Waals surface area contributed by atoms with E-state index < -0.39 is 5.60 Å². The normalized spacial score (nSPS) is 19.5. The monoisotopic (exact) mass is 391 g/mol. The summed E-state index contributed by atoms with van der Waals surface area (Å²) in [6.07, 6.45) is 1.43. The second-order valence-corrected chi connectivity index (χ2v) is 7.96. The third kappa shape index (κ3) is 4.40. The summed E-state index contributed by atoms with van der Waals surface area (Å²) in [4.78, 5) is 28.1. The minimum absolute atomic E-state index is 0.153. The molecule has 1 saturated heterocycles. The van der Waals surface area contributed by atoms with Crippen molar-refractivity contribution < 1.29 is 19.1 Å². The van der Waals surface area contributed by atoms with Crippen molar-refractivity contribution in [2.75, 3.05) is 43.0 Å². The summed E-state index contributed by atoms with van der Waals surface area (Å²) < 4.78 is 12.2. The van der Waals surface area contributed by atoms with E-state index in [1.165, 1.54) is 0 Å². The van der Waals surface area contributed by atoms with Gasteiger partial charge in [-0.1, -0.05) is 0 Å². The minimum Gasteiger partial charge on any atom is -0.463 e. The number of hydrogen-bond acceptors (Lipinski definition) is 7. The maximum absolute atomic E-state index is 12.2. The van der Waals surface area contributed by atoms with Crippen LogP contribution in [0.3, 0.4) is 0 Å². The number of fused-ring (bicyclic) bond motifs is 1. The molecule has 1 atom stereocenters. The molecule has 0 aliphatic carbocycles. The number of carbonyl (C=O) groups excluding carboxylic acids is 2. The number of esters is 1. The Morgan fingerprint density at radius 3 is 2.54 bits per heavy atom. The molecule has 0 saturated carbocycles. The van der Waals surface area contributed by atoms with Crippen LogP contribution in [0.15, 0.2) is 11.6 Å². The fourth-order valence-electron chi connectivity index (χ4n) is 3.17. The van der Waals surface area contributed by atoms with E-state index >= 15 is 0 Å². The first-order valence-corrected chi connectivity index (χ1v) is 9.65. The molecule has 2 aliphatic rings. The standard InChI is InChI=1S/C19H29N5O4/c1-6-27-17(25)14-12-24-15(20-13(14)2)11-16(21-24)22-7-9-23(10-8-22)18(26)28-19(3,4)5/h11-13,20H,6-10H2,1-5H3. The lowest BCUT2D eigenvalue weighted by Crippen LogP contribution is -2.50. The third-order valence-electron chi connectivity index (χ3n) is 4.58. The van der Waals surface area contributed by atoms with Crippen LogP contribution in [0.25, 0.3) is 6.20 Å². The molecule has 1 aromatic heterocycles. The average Bonchev–Trinajstić information content (AvgIpc) is 3.02. The van der Waals surface area contributed by atoms with E-state index in [0.717, 1.165) is 11.6 Å². The molecule has 9 nitrogen and oxygen atoms in total. The van der Waals surface area contributed by atoms with Crippen molar-refractivity contribution in [1.82, 2.24) is 14.7 Å². The van der Waals surface area contributed by atoms with Gasteiger partial charge < -0.3 is 24.6 Å². The predicted molar refractivity (Wildman–Crippen MR) is 106 cm³/mol. The number of ether oxygens (including phenoxy) is 2. The van der Waals surface area contributed by atoms with E-state index in [1.807, 2.05) is 33.8 Å². The highest BCUT2D eigenvalue weighted by atomic mass is 16.6. The highest BCUT2D eigenvalue weighted by molar-refractivity contribution is 5.94. The summed E-state index contributed by atoms with van der Waals surface area (Å²) in [5, 5.41) is 7.87. The van der Waals surface area contributed by atoms with Gasteiger partial charge in [0.05, 0.1) is 18.2 Å². The zero-order valence-corrected chi connectivity index (χ0v) is 17.2. The average molecular weight is 391 g/mol. The molecule has 2 aliphatic heterocycles. The lowest BCUT2D eigenvalue weighted by atomic mass is 10.1. The molecule has 1 fully saturated rings. The Hall–Kier alpha value is -2.71. The Labute approximate surface area is 165 Å². The molecule has 1 amide bonds. The van der Waals surface area contributed by atoms with Gasteiger partial charge in [-0.25, -0.2) is 14.3 Å². The molecule has 9 heteroatoms. The summed E-state index contributed by atoms with van der Waals surface area (Å²) in [7, 11) is 0. The number of hydrogen-bond donors (Lipinski definition) is 1. The first kappa shape index (κ1) is 20.0. The van der Waals surface area contributed by atoms with E-state index in [2.05, 4.69) is 15.3 Å². The molecule has 1 N–H and O–H groups in total. The number of nitrogens with zero attached hydrogens (tertiary/aromatic N) is 4. The Kier molecular flexibility index (Phi) is 5.53. The number of anilines is 2. The number of rotatable bonds is 3. The molecule has 3 rings (SSSR count). The van der Waals surface area contributed by atoms with Crippen LogP contribution in [0.1, 0.15) is 34.6 Å². The fourth-order valence-corrected chi connectivity index (χ4v) is 3.17. The molecular weight excluding hydrogens is 362 g/mol. The quantitative estimate of drug-likeness (QED) is 0.790. The zero-order chi connectivity index (χ0) is 20.5. The van der Waals surface area contributed by atoms with E-state index in [-0.39, 0.29) is 18.1 Å². The lowest BCUT2D eigenvalue weighted by molar-refractivity contribution is -0.138. The van der Waals surface area contributed by atoms with Crippen LogP contribution in [0, 0.1) is 0 Å². The Bertz CT molecular complexity index is 772. The van der Waals surface area contributed by atoms with Gasteiger partial charge in [0.15, 0.2) is 5.82 Å². The van der Waals surface area contributed by atoms with Gasteiger partial charge in [0.2, 0.25) is 0 Å². The van der Waals surface area contributed by atoms with Gasteiger partial charge in [-0.3, -0.25) is 0 Å². The van der Waals surface area contributed by atoms with Gasteiger partial charge in [0.1, 0.15) is 11.4 Å². The van der Waals surface area contributed by atoms with E-state index in [1.54, 1.807) is 22.7 Å².